The van der Waals surface area contributed by atoms with Crippen molar-refractivity contribution in [2.24, 2.45) is 0 Å². The number of ether oxygens (including phenoxy) is 1. The average molecular weight is 338 g/mol. The lowest BCUT2D eigenvalue weighted by atomic mass is 9.91. The van der Waals surface area contributed by atoms with E-state index in [0.717, 1.165) is 0 Å². The van der Waals surface area contributed by atoms with E-state index in [1.54, 1.807) is 0 Å². The first-order valence-electron chi connectivity index (χ1n) is 7.33. The summed E-state index contributed by atoms with van der Waals surface area (Å²) < 4.78 is 4.84. The van der Waals surface area contributed by atoms with Gasteiger partial charge in [-0.05, 0) is 0 Å². The number of carboxylic acids is 1. The molecule has 8 heteroatoms. The van der Waals surface area contributed by atoms with Crippen molar-refractivity contribution in [1.82, 2.24) is 0 Å². The standard InChI is InChI=1S/C16H18O8/c1-4-7(17)10-12(16(22)23)11(8(18)5-2)15(14(21)13(10)20)24-9(19)6-3/h20-21H,4-6H2,1-3H3,(H,22,23). The van der Waals surface area contributed by atoms with Gasteiger partial charge in [-0.3, -0.25) is 14.4 Å². The molecule has 8 nitrogen and oxygen atoms in total. The number of benzene rings is 1. The van der Waals surface area contributed by atoms with Gasteiger partial charge in [0.05, 0.1) is 16.7 Å². The van der Waals surface area contributed by atoms with E-state index in [1.807, 2.05) is 0 Å². The number of ketones is 2. The fourth-order valence-corrected chi connectivity index (χ4v) is 2.09. The Hall–Kier alpha value is -2.90. The quantitative estimate of drug-likeness (QED) is 0.298. The lowest BCUT2D eigenvalue weighted by Crippen LogP contribution is -2.18. The minimum absolute atomic E-state index is 0.113. The summed E-state index contributed by atoms with van der Waals surface area (Å²) >= 11 is 0. The van der Waals surface area contributed by atoms with Crippen molar-refractivity contribution < 1.29 is 39.2 Å². The molecule has 0 aliphatic heterocycles. The zero-order chi connectivity index (χ0) is 18.6. The second kappa shape index (κ2) is 7.58. The van der Waals surface area contributed by atoms with Crippen LogP contribution in [0.4, 0.5) is 0 Å². The molecule has 0 saturated heterocycles. The maximum atomic E-state index is 12.2. The highest BCUT2D eigenvalue weighted by Crippen LogP contribution is 2.45. The van der Waals surface area contributed by atoms with Gasteiger partial charge >= 0.3 is 11.9 Å². The number of phenolic OH excluding ortho intramolecular Hbond substituents is 2. The fourth-order valence-electron chi connectivity index (χ4n) is 2.09. The Bertz CT molecular complexity index is 718. The molecule has 3 N–H and O–H groups in total. The van der Waals surface area contributed by atoms with E-state index in [2.05, 4.69) is 0 Å². The average Bonchev–Trinajstić information content (AvgIpc) is 2.56. The fraction of sp³-hybridized carbons (Fsp3) is 0.375. The normalized spacial score (nSPS) is 10.3. The molecule has 0 aliphatic carbocycles. The highest BCUT2D eigenvalue weighted by atomic mass is 16.5. The third kappa shape index (κ3) is 3.37. The summed E-state index contributed by atoms with van der Waals surface area (Å²) in [5, 5.41) is 29.5. The van der Waals surface area contributed by atoms with Crippen LogP contribution >= 0.6 is 0 Å². The number of carbonyl (C=O) groups excluding carboxylic acids is 3. The van der Waals surface area contributed by atoms with Gasteiger partial charge in [-0.15, -0.1) is 0 Å². The molecule has 0 aliphatic rings. The van der Waals surface area contributed by atoms with Crippen LogP contribution in [0.1, 0.15) is 71.1 Å². The van der Waals surface area contributed by atoms with E-state index in [4.69, 9.17) is 4.74 Å². The summed E-state index contributed by atoms with van der Waals surface area (Å²) in [5.41, 5.74) is -2.09. The second-order valence-corrected chi connectivity index (χ2v) is 4.84. The van der Waals surface area contributed by atoms with Gasteiger partial charge in [-0.1, -0.05) is 20.8 Å². The Balaban J connectivity index is 3.97. The van der Waals surface area contributed by atoms with Crippen molar-refractivity contribution in [2.75, 3.05) is 0 Å². The number of carboxylic acid groups (broad SMARTS) is 1. The monoisotopic (exact) mass is 338 g/mol. The topological polar surface area (TPSA) is 138 Å². The number of phenols is 2. The van der Waals surface area contributed by atoms with Gasteiger partial charge < -0.3 is 20.1 Å². The van der Waals surface area contributed by atoms with Crippen LogP contribution in [-0.4, -0.2) is 38.8 Å². The first-order valence-corrected chi connectivity index (χ1v) is 7.33. The first kappa shape index (κ1) is 19.1. The Kier molecular flexibility index (Phi) is 6.05. The molecule has 1 aromatic rings. The summed E-state index contributed by atoms with van der Waals surface area (Å²) in [6.07, 6.45) is -0.444. The summed E-state index contributed by atoms with van der Waals surface area (Å²) in [5.74, 6) is -6.85. The molecule has 0 unspecified atom stereocenters. The van der Waals surface area contributed by atoms with Gasteiger partial charge in [-0.25, -0.2) is 4.79 Å². The minimum atomic E-state index is -1.66. The number of aromatic carboxylic acids is 1. The number of rotatable bonds is 7. The molecule has 130 valence electrons. The van der Waals surface area contributed by atoms with Crippen molar-refractivity contribution >= 4 is 23.5 Å². The zero-order valence-electron chi connectivity index (χ0n) is 13.5. The molecule has 0 saturated carbocycles. The van der Waals surface area contributed by atoms with Crippen LogP contribution < -0.4 is 4.74 Å². The lowest BCUT2D eigenvalue weighted by Gasteiger charge is -2.17. The van der Waals surface area contributed by atoms with E-state index in [1.165, 1.54) is 20.8 Å². The molecule has 1 rings (SSSR count). The van der Waals surface area contributed by atoms with E-state index >= 15 is 0 Å². The zero-order valence-corrected chi connectivity index (χ0v) is 13.5. The largest absolute Gasteiger partial charge is 0.504 e. The van der Waals surface area contributed by atoms with Crippen LogP contribution in [0.15, 0.2) is 0 Å². The molecule has 0 aromatic heterocycles. The van der Waals surface area contributed by atoms with Crippen molar-refractivity contribution in [2.45, 2.75) is 40.0 Å². The number of aromatic hydroxyl groups is 2. The van der Waals surface area contributed by atoms with Crippen LogP contribution in [0.3, 0.4) is 0 Å². The Morgan fingerprint density at radius 3 is 1.71 bits per heavy atom. The van der Waals surface area contributed by atoms with Gasteiger partial charge in [0.1, 0.15) is 0 Å². The molecule has 0 radical (unpaired) electrons. The van der Waals surface area contributed by atoms with Crippen LogP contribution in [-0.2, 0) is 4.79 Å². The minimum Gasteiger partial charge on any atom is -0.504 e. The van der Waals surface area contributed by atoms with Crippen molar-refractivity contribution in [3.05, 3.63) is 16.7 Å². The van der Waals surface area contributed by atoms with Crippen LogP contribution in [0.5, 0.6) is 17.2 Å². The molecule has 0 bridgehead atoms. The predicted molar refractivity (Wildman–Crippen MR) is 81.9 cm³/mol. The number of hydrogen-bond donors (Lipinski definition) is 3. The van der Waals surface area contributed by atoms with Gasteiger partial charge in [0.15, 0.2) is 23.1 Å². The van der Waals surface area contributed by atoms with Crippen LogP contribution in [0.2, 0.25) is 0 Å². The van der Waals surface area contributed by atoms with Crippen molar-refractivity contribution in [3.63, 3.8) is 0 Å². The van der Waals surface area contributed by atoms with Crippen molar-refractivity contribution in [1.29, 1.82) is 0 Å². The predicted octanol–water partition coefficient (Wildman–Crippen LogP) is 2.30. The molecule has 0 fully saturated rings. The molecule has 0 amide bonds. The highest BCUT2D eigenvalue weighted by Gasteiger charge is 2.34. The number of Topliss-reactive ketones (excluding diaryl/α,β-unsaturated/α-hetero) is 2. The molecule has 0 spiro atoms. The Morgan fingerprint density at radius 1 is 0.792 bits per heavy atom. The SMILES string of the molecule is CCC(=O)Oc1c(O)c(O)c(C(=O)CC)c(C(=O)O)c1C(=O)CC. The van der Waals surface area contributed by atoms with Gasteiger partial charge in [0.25, 0.3) is 0 Å². The summed E-state index contributed by atoms with van der Waals surface area (Å²) in [6.45, 7) is 4.31. The van der Waals surface area contributed by atoms with E-state index in [-0.39, 0.29) is 19.3 Å². The smallest absolute Gasteiger partial charge is 0.337 e. The number of esters is 1. The molecular formula is C16H18O8. The second-order valence-electron chi connectivity index (χ2n) is 4.84. The highest BCUT2D eigenvalue weighted by molar-refractivity contribution is 6.17. The third-order valence-electron chi connectivity index (χ3n) is 3.32. The van der Waals surface area contributed by atoms with Crippen LogP contribution in [0.25, 0.3) is 0 Å². The van der Waals surface area contributed by atoms with Gasteiger partial charge in [-0.2, -0.15) is 0 Å². The molecular weight excluding hydrogens is 320 g/mol. The van der Waals surface area contributed by atoms with Crippen molar-refractivity contribution in [3.8, 4) is 17.2 Å². The molecule has 1 aromatic carbocycles. The van der Waals surface area contributed by atoms with Gasteiger partial charge in [0.2, 0.25) is 5.75 Å². The first-order chi connectivity index (χ1) is 11.2. The summed E-state index contributed by atoms with van der Waals surface area (Å²) in [6, 6.07) is 0. The Morgan fingerprint density at radius 2 is 1.29 bits per heavy atom. The maximum absolute atomic E-state index is 12.2. The molecule has 24 heavy (non-hydrogen) atoms. The van der Waals surface area contributed by atoms with Crippen LogP contribution in [0, 0.1) is 0 Å². The summed E-state index contributed by atoms with van der Waals surface area (Å²) in [4.78, 5) is 47.3. The number of carbonyl (C=O) groups is 4. The third-order valence-corrected chi connectivity index (χ3v) is 3.32. The molecule has 0 atom stereocenters. The Labute approximate surface area is 137 Å². The number of hydrogen-bond acceptors (Lipinski definition) is 7. The van der Waals surface area contributed by atoms with Gasteiger partial charge in [0, 0.05) is 19.3 Å². The van der Waals surface area contributed by atoms with E-state index in [0.29, 0.717) is 0 Å². The molecule has 0 heterocycles. The maximum Gasteiger partial charge on any atom is 0.337 e. The van der Waals surface area contributed by atoms with E-state index in [9.17, 15) is 34.5 Å². The van der Waals surface area contributed by atoms with E-state index < -0.39 is 57.4 Å². The summed E-state index contributed by atoms with van der Waals surface area (Å²) in [7, 11) is 0. The lowest BCUT2D eigenvalue weighted by molar-refractivity contribution is -0.134.